The van der Waals surface area contributed by atoms with Crippen LogP contribution < -0.4 is 0 Å². The fourth-order valence-corrected chi connectivity index (χ4v) is 4.47. The second-order valence-corrected chi connectivity index (χ2v) is 7.40. The molecule has 0 saturated carbocycles. The van der Waals surface area contributed by atoms with Crippen molar-refractivity contribution >= 4 is 30.7 Å². The molecule has 1 rings (SSSR count). The molecule has 124 valence electrons. The molecule has 0 saturated heterocycles. The maximum Gasteiger partial charge on any atom is 0.352 e. The summed E-state index contributed by atoms with van der Waals surface area (Å²) >= 11 is 1.39. The van der Waals surface area contributed by atoms with Crippen LogP contribution in [0.2, 0.25) is 0 Å². The molecule has 0 fully saturated rings. The van der Waals surface area contributed by atoms with E-state index in [0.29, 0.717) is 0 Å². The predicted octanol–water partition coefficient (Wildman–Crippen LogP) is 3.06. The molecular weight excluding hydrogens is 327 g/mol. The highest BCUT2D eigenvalue weighted by molar-refractivity contribution is 7.57. The third-order valence-electron chi connectivity index (χ3n) is 2.68. The second-order valence-electron chi connectivity index (χ2n) is 4.25. The molecule has 1 aromatic rings. The third-order valence-corrected chi connectivity index (χ3v) is 5.92. The van der Waals surface area contributed by atoms with Gasteiger partial charge in [0.1, 0.15) is 0 Å². The minimum atomic E-state index is -3.91. The quantitative estimate of drug-likeness (QED) is 0.367. The first-order valence-corrected chi connectivity index (χ1v) is 9.58. The summed E-state index contributed by atoms with van der Waals surface area (Å²) in [6.07, 6.45) is -0.00864. The van der Waals surface area contributed by atoms with Gasteiger partial charge in [0.25, 0.3) is 0 Å². The topological polar surface area (TPSA) is 78.9 Å². The summed E-state index contributed by atoms with van der Waals surface area (Å²) in [7, 11) is -3.91. The molecule has 0 aliphatic carbocycles. The summed E-state index contributed by atoms with van der Waals surface area (Å²) in [4.78, 5) is 25.4. The van der Waals surface area contributed by atoms with Gasteiger partial charge in [-0.2, -0.15) is 0 Å². The molecule has 0 bridgehead atoms. The van der Waals surface area contributed by atoms with E-state index >= 15 is 0 Å². The lowest BCUT2D eigenvalue weighted by atomic mass is 10.2. The average molecular weight is 348 g/mol. The van der Waals surface area contributed by atoms with E-state index < -0.39 is 25.0 Å². The lowest BCUT2D eigenvalue weighted by Crippen LogP contribution is -2.34. The highest BCUT2D eigenvalue weighted by atomic mass is 32.1. The van der Waals surface area contributed by atoms with Crippen molar-refractivity contribution in [3.63, 3.8) is 0 Å². The Balaban J connectivity index is 3.07. The van der Waals surface area contributed by atoms with Crippen molar-refractivity contribution in [2.75, 3.05) is 19.8 Å². The third kappa shape index (κ3) is 5.02. The normalized spacial score (nSPS) is 12.9. The van der Waals surface area contributed by atoms with Gasteiger partial charge in [-0.3, -0.25) is 14.2 Å². The highest BCUT2D eigenvalue weighted by Gasteiger charge is 2.47. The van der Waals surface area contributed by atoms with Gasteiger partial charge in [0.05, 0.1) is 19.8 Å². The highest BCUT2D eigenvalue weighted by Crippen LogP contribution is 2.54. The molecule has 0 aliphatic heterocycles. The standard InChI is InChI=1S/C14H21O6PS/c1-4-18-14(16)13(21(17,19-5-2)20-6-3)12(15)10-11-8-7-9-22-11/h7-9,13H,4-6,10H2,1-3H3. The number of thiophene rings is 1. The van der Waals surface area contributed by atoms with Crippen LogP contribution in [0.25, 0.3) is 0 Å². The van der Waals surface area contributed by atoms with Crippen LogP contribution in [0, 0.1) is 0 Å². The number of hydrogen-bond acceptors (Lipinski definition) is 7. The Hall–Kier alpha value is -1.01. The molecule has 0 radical (unpaired) electrons. The van der Waals surface area contributed by atoms with Gasteiger partial charge in [-0.1, -0.05) is 6.07 Å². The van der Waals surface area contributed by atoms with Crippen molar-refractivity contribution in [2.45, 2.75) is 32.9 Å². The Morgan fingerprint density at radius 1 is 1.18 bits per heavy atom. The maximum atomic E-state index is 12.8. The van der Waals surface area contributed by atoms with E-state index in [2.05, 4.69) is 0 Å². The average Bonchev–Trinajstić information content (AvgIpc) is 2.92. The molecule has 0 amide bonds. The lowest BCUT2D eigenvalue weighted by Gasteiger charge is -2.23. The molecule has 0 N–H and O–H groups in total. The number of esters is 1. The van der Waals surface area contributed by atoms with Crippen molar-refractivity contribution in [3.05, 3.63) is 22.4 Å². The van der Waals surface area contributed by atoms with Crippen LogP contribution in [0.3, 0.4) is 0 Å². The number of ketones is 1. The van der Waals surface area contributed by atoms with E-state index in [1.165, 1.54) is 11.3 Å². The van der Waals surface area contributed by atoms with Crippen LogP contribution in [-0.4, -0.2) is 37.2 Å². The molecule has 0 spiro atoms. The second kappa shape index (κ2) is 9.20. The van der Waals surface area contributed by atoms with Gasteiger partial charge in [-0.25, -0.2) is 0 Å². The van der Waals surface area contributed by atoms with Crippen LogP contribution in [0.4, 0.5) is 0 Å². The molecule has 0 aliphatic rings. The van der Waals surface area contributed by atoms with E-state index in [9.17, 15) is 14.2 Å². The molecule has 1 aromatic heterocycles. The predicted molar refractivity (Wildman–Crippen MR) is 84.3 cm³/mol. The molecule has 8 heteroatoms. The van der Waals surface area contributed by atoms with Crippen molar-refractivity contribution in [1.29, 1.82) is 0 Å². The largest absolute Gasteiger partial charge is 0.465 e. The van der Waals surface area contributed by atoms with Gasteiger partial charge in [0.15, 0.2) is 5.78 Å². The van der Waals surface area contributed by atoms with Gasteiger partial charge in [0, 0.05) is 11.3 Å². The van der Waals surface area contributed by atoms with Crippen molar-refractivity contribution in [2.24, 2.45) is 0 Å². The minimum Gasteiger partial charge on any atom is -0.465 e. The van der Waals surface area contributed by atoms with Crippen LogP contribution in [-0.2, 0) is 34.4 Å². The number of carbonyl (C=O) groups excluding carboxylic acids is 2. The number of hydrogen-bond donors (Lipinski definition) is 0. The van der Waals surface area contributed by atoms with E-state index in [1.807, 2.05) is 5.38 Å². The molecule has 1 unspecified atom stereocenters. The molecular formula is C14H21O6PS. The summed E-state index contributed by atoms with van der Waals surface area (Å²) in [5, 5.41) is 1.83. The first-order chi connectivity index (χ1) is 10.5. The van der Waals surface area contributed by atoms with Crippen molar-refractivity contribution < 1.29 is 27.9 Å². The Kier molecular flexibility index (Phi) is 7.96. The van der Waals surface area contributed by atoms with Gasteiger partial charge >= 0.3 is 13.6 Å². The smallest absolute Gasteiger partial charge is 0.352 e. The fourth-order valence-electron chi connectivity index (χ4n) is 1.89. The van der Waals surface area contributed by atoms with E-state index in [0.717, 1.165) is 4.88 Å². The zero-order valence-corrected chi connectivity index (χ0v) is 14.7. The van der Waals surface area contributed by atoms with E-state index in [1.54, 1.807) is 32.9 Å². The fraction of sp³-hybridized carbons (Fsp3) is 0.571. The SMILES string of the molecule is CCOC(=O)C(C(=O)Cc1cccs1)P(=O)(OCC)OCC. The minimum absolute atomic E-state index is 0.00864. The maximum absolute atomic E-state index is 12.8. The molecule has 1 heterocycles. The molecule has 22 heavy (non-hydrogen) atoms. The number of carbonyl (C=O) groups is 2. The first kappa shape index (κ1) is 19.0. The summed E-state index contributed by atoms with van der Waals surface area (Å²) in [6.45, 7) is 5.08. The lowest BCUT2D eigenvalue weighted by molar-refractivity contribution is -0.145. The van der Waals surface area contributed by atoms with Gasteiger partial charge in [-0.15, -0.1) is 11.3 Å². The first-order valence-electron chi connectivity index (χ1n) is 7.09. The Labute approximate surface area is 134 Å². The zero-order valence-electron chi connectivity index (χ0n) is 12.9. The van der Waals surface area contributed by atoms with Crippen LogP contribution in [0.1, 0.15) is 25.6 Å². The Bertz CT molecular complexity index is 517. The van der Waals surface area contributed by atoms with Crippen molar-refractivity contribution in [3.8, 4) is 0 Å². The number of ether oxygens (including phenoxy) is 1. The van der Waals surface area contributed by atoms with E-state index in [-0.39, 0.29) is 26.2 Å². The number of Topliss-reactive ketones (excluding diaryl/α,β-unsaturated/α-hetero) is 1. The summed E-state index contributed by atoms with van der Waals surface area (Å²) in [6, 6.07) is 3.58. The Morgan fingerprint density at radius 2 is 1.82 bits per heavy atom. The monoisotopic (exact) mass is 348 g/mol. The molecule has 6 nitrogen and oxygen atoms in total. The van der Waals surface area contributed by atoms with Gasteiger partial charge in [-0.05, 0) is 32.2 Å². The van der Waals surface area contributed by atoms with Crippen LogP contribution >= 0.6 is 18.9 Å². The zero-order chi connectivity index (χ0) is 16.6. The molecule has 0 aromatic carbocycles. The number of rotatable bonds is 10. The van der Waals surface area contributed by atoms with Crippen LogP contribution in [0.15, 0.2) is 17.5 Å². The summed E-state index contributed by atoms with van der Waals surface area (Å²) in [5.74, 6) is -1.39. The summed E-state index contributed by atoms with van der Waals surface area (Å²) < 4.78 is 28.0. The van der Waals surface area contributed by atoms with Gasteiger partial charge < -0.3 is 13.8 Å². The summed E-state index contributed by atoms with van der Waals surface area (Å²) in [5.41, 5.74) is -1.55. The van der Waals surface area contributed by atoms with Crippen molar-refractivity contribution in [1.82, 2.24) is 0 Å². The van der Waals surface area contributed by atoms with Gasteiger partial charge in [0.2, 0.25) is 5.66 Å². The van der Waals surface area contributed by atoms with Crippen LogP contribution in [0.5, 0.6) is 0 Å². The van der Waals surface area contributed by atoms with E-state index in [4.69, 9.17) is 13.8 Å². The Morgan fingerprint density at radius 3 is 2.27 bits per heavy atom. The molecule has 1 atom stereocenters.